The number of fused-ring (bicyclic) bond motifs is 15. The minimum absolute atomic E-state index is 1.21. The van der Waals surface area contributed by atoms with Crippen molar-refractivity contribution in [2.75, 3.05) is 0 Å². The molecule has 0 bridgehead atoms. The van der Waals surface area contributed by atoms with Crippen molar-refractivity contribution in [3.05, 3.63) is 582 Å². The minimum Gasteiger partial charge on any atom is -0.0616 e. The standard InChI is InChI=1S/3C50H32/c1-4-11-37-28-42(21-16-33(37)8-1)45-15-7-14-36-19-20-40(31-49(36)45)41-24-25-48-46(43-22-17-34-9-2-5-12-38(34)29-43)26-27-47(50(48)32-41)44-23-18-35-10-3-6-13-39(35)30-44;1-4-10-36-27-39(16-13-33(36)7-1)40-17-18-42-29-43(20-19-41(42)28-40)44-23-24-49-47(45-21-14-34-8-2-5-11-37(34)30-45)25-26-48(50(49)32-44)46-22-15-35-9-3-6-12-38(35)31-46;1-2-12-36-30-42(23-19-33(36)9-1)46-27-28-49(47-18-8-14-35-11-4-6-16-44(35)47)50-32-40(25-26-48(46)50)38-20-21-39-31-41(24-22-37(39)29-38)45-17-7-13-34-10-3-5-15-43(34)45/h3*1-32H. The second kappa shape index (κ2) is 37.6. The van der Waals surface area contributed by atoms with Crippen LogP contribution in [0.4, 0.5) is 0 Å². The summed E-state index contributed by atoms with van der Waals surface area (Å²) >= 11 is 0. The Hall–Kier alpha value is -19.5. The monoisotopic (exact) mass is 1900 g/mol. The summed E-state index contributed by atoms with van der Waals surface area (Å²) in [6, 6.07) is 215. The molecule has 0 saturated heterocycles. The highest BCUT2D eigenvalue weighted by Gasteiger charge is 2.21. The number of benzene rings is 30. The van der Waals surface area contributed by atoms with E-state index in [-0.39, 0.29) is 0 Å². The maximum atomic E-state index is 2.41. The third-order valence-electron chi connectivity index (χ3n) is 31.2. The van der Waals surface area contributed by atoms with E-state index in [2.05, 4.69) is 582 Å². The molecule has 0 fully saturated rings. The Morgan fingerprint density at radius 1 is 0.0600 bits per heavy atom. The Bertz CT molecular complexity index is 10700. The first-order chi connectivity index (χ1) is 74.2. The van der Waals surface area contributed by atoms with Crippen molar-refractivity contribution in [1.82, 2.24) is 0 Å². The summed E-state index contributed by atoms with van der Waals surface area (Å²) in [5, 5.41) is 37.7. The smallest absolute Gasteiger partial charge is 0.00928 e. The van der Waals surface area contributed by atoms with Gasteiger partial charge in [-0.1, -0.05) is 491 Å². The van der Waals surface area contributed by atoms with Crippen LogP contribution >= 0.6 is 0 Å². The molecule has 0 N–H and O–H groups in total. The van der Waals surface area contributed by atoms with Crippen LogP contribution in [0.5, 0.6) is 0 Å². The molecule has 696 valence electrons. The summed E-state index contributed by atoms with van der Waals surface area (Å²) in [7, 11) is 0. The van der Waals surface area contributed by atoms with Gasteiger partial charge in [-0.3, -0.25) is 0 Å². The number of hydrogen-bond donors (Lipinski definition) is 0. The molecule has 0 heteroatoms. The maximum absolute atomic E-state index is 2.41. The third kappa shape index (κ3) is 16.5. The first kappa shape index (κ1) is 88.2. The average Bonchev–Trinajstić information content (AvgIpc) is 0.756. The van der Waals surface area contributed by atoms with Crippen LogP contribution in [-0.2, 0) is 0 Å². The highest BCUT2D eigenvalue weighted by Crippen LogP contribution is 2.48. The molecular weight excluding hydrogens is 1800 g/mol. The van der Waals surface area contributed by atoms with E-state index in [9.17, 15) is 0 Å². The lowest BCUT2D eigenvalue weighted by Crippen LogP contribution is -1.89. The van der Waals surface area contributed by atoms with Crippen LogP contribution in [0.3, 0.4) is 0 Å². The molecular formula is C150H96. The molecule has 0 unspecified atom stereocenters. The van der Waals surface area contributed by atoms with E-state index in [0.717, 1.165) is 0 Å². The lowest BCUT2D eigenvalue weighted by molar-refractivity contribution is 1.63. The summed E-state index contributed by atoms with van der Waals surface area (Å²) in [5.74, 6) is 0. The quantitative estimate of drug-likeness (QED) is 0.114. The van der Waals surface area contributed by atoms with Crippen LogP contribution in [0, 0.1) is 0 Å². The zero-order chi connectivity index (χ0) is 99.1. The van der Waals surface area contributed by atoms with Crippen molar-refractivity contribution >= 4 is 162 Å². The van der Waals surface area contributed by atoms with E-state index in [1.54, 1.807) is 0 Å². The Balaban J connectivity index is 0.000000108. The molecule has 0 atom stereocenters. The summed E-state index contributed by atoms with van der Waals surface area (Å²) in [4.78, 5) is 0. The van der Waals surface area contributed by atoms with Crippen molar-refractivity contribution in [2.45, 2.75) is 0 Å². The largest absolute Gasteiger partial charge is 0.0616 e. The van der Waals surface area contributed by atoms with Gasteiger partial charge in [-0.25, -0.2) is 0 Å². The summed E-state index contributed by atoms with van der Waals surface area (Å²) in [5.41, 5.74) is 29.7. The Morgan fingerprint density at radius 2 is 0.207 bits per heavy atom. The SMILES string of the molecule is c1ccc2cc(-c3ccc(-c4cccc5ccccc45)c4cc(-c5ccc6cc(-c7cccc8ccccc78)ccc6c5)ccc34)ccc2c1.c1ccc2cc(-c3ccc4cc(-c5ccc6c(-c7ccc8ccccc8c7)ccc(-c7ccc8ccccc8c7)c6c5)ccc4c3)ccc2c1.c1ccc2cc(-c3cccc4ccc(-c5ccc6c(-c7ccc8ccccc8c7)ccc(-c7ccc8ccccc8c7)c6c5)cc34)ccc2c1. The van der Waals surface area contributed by atoms with E-state index in [1.807, 2.05) is 0 Å². The molecule has 0 saturated carbocycles. The fourth-order valence-electron chi connectivity index (χ4n) is 23.4. The van der Waals surface area contributed by atoms with Crippen molar-refractivity contribution in [1.29, 1.82) is 0 Å². The van der Waals surface area contributed by atoms with E-state index in [0.29, 0.717) is 0 Å². The molecule has 0 amide bonds. The van der Waals surface area contributed by atoms with Gasteiger partial charge in [0.1, 0.15) is 0 Å². The topological polar surface area (TPSA) is 0 Å². The highest BCUT2D eigenvalue weighted by molar-refractivity contribution is 6.15. The van der Waals surface area contributed by atoms with Gasteiger partial charge in [0.05, 0.1) is 0 Å². The fourth-order valence-corrected chi connectivity index (χ4v) is 23.4. The van der Waals surface area contributed by atoms with Crippen LogP contribution in [-0.4, -0.2) is 0 Å². The van der Waals surface area contributed by atoms with Crippen LogP contribution in [0.15, 0.2) is 582 Å². The van der Waals surface area contributed by atoms with E-state index in [4.69, 9.17) is 0 Å². The Kier molecular flexibility index (Phi) is 22.1. The highest BCUT2D eigenvalue weighted by atomic mass is 14.3. The molecule has 30 aromatic carbocycles. The van der Waals surface area contributed by atoms with Crippen LogP contribution in [0.25, 0.3) is 295 Å². The minimum atomic E-state index is 1.21. The molecule has 150 heavy (non-hydrogen) atoms. The van der Waals surface area contributed by atoms with Gasteiger partial charge in [0.25, 0.3) is 0 Å². The van der Waals surface area contributed by atoms with E-state index >= 15 is 0 Å². The molecule has 0 spiro atoms. The summed E-state index contributed by atoms with van der Waals surface area (Å²) in [6.45, 7) is 0. The predicted molar refractivity (Wildman–Crippen MR) is 647 cm³/mol. The average molecular weight is 1900 g/mol. The number of hydrogen-bond acceptors (Lipinski definition) is 0. The van der Waals surface area contributed by atoms with Gasteiger partial charge in [0.15, 0.2) is 0 Å². The molecule has 30 aromatic rings. The molecule has 0 aliphatic heterocycles. The second-order valence-electron chi connectivity index (χ2n) is 40.0. The first-order valence-electron chi connectivity index (χ1n) is 52.0. The van der Waals surface area contributed by atoms with E-state index in [1.165, 1.54) is 295 Å². The summed E-state index contributed by atoms with van der Waals surface area (Å²) in [6.07, 6.45) is 0. The lowest BCUT2D eigenvalue weighted by Gasteiger charge is -2.16. The van der Waals surface area contributed by atoms with Gasteiger partial charge in [-0.05, 0) is 386 Å². The van der Waals surface area contributed by atoms with Gasteiger partial charge >= 0.3 is 0 Å². The van der Waals surface area contributed by atoms with Crippen LogP contribution in [0.1, 0.15) is 0 Å². The van der Waals surface area contributed by atoms with Gasteiger partial charge in [-0.15, -0.1) is 0 Å². The second-order valence-corrected chi connectivity index (χ2v) is 40.0. The van der Waals surface area contributed by atoms with E-state index < -0.39 is 0 Å². The van der Waals surface area contributed by atoms with Crippen LogP contribution in [0.2, 0.25) is 0 Å². The third-order valence-corrected chi connectivity index (χ3v) is 31.2. The Morgan fingerprint density at radius 3 is 0.493 bits per heavy atom. The van der Waals surface area contributed by atoms with Crippen LogP contribution < -0.4 is 0 Å². The number of rotatable bonds is 12. The van der Waals surface area contributed by atoms with Gasteiger partial charge in [-0.2, -0.15) is 0 Å². The van der Waals surface area contributed by atoms with Crippen molar-refractivity contribution in [2.24, 2.45) is 0 Å². The molecule has 0 radical (unpaired) electrons. The molecule has 0 aliphatic rings. The Labute approximate surface area is 870 Å². The lowest BCUT2D eigenvalue weighted by atomic mass is 9.88. The molecule has 0 aromatic heterocycles. The predicted octanol–water partition coefficient (Wildman–Crippen LogP) is 42.4. The molecule has 30 rings (SSSR count). The zero-order valence-corrected chi connectivity index (χ0v) is 82.4. The fraction of sp³-hybridized carbons (Fsp3) is 0. The van der Waals surface area contributed by atoms with Gasteiger partial charge in [0.2, 0.25) is 0 Å². The van der Waals surface area contributed by atoms with Gasteiger partial charge in [0, 0.05) is 0 Å². The van der Waals surface area contributed by atoms with Crippen molar-refractivity contribution in [3.8, 4) is 134 Å². The van der Waals surface area contributed by atoms with Crippen molar-refractivity contribution < 1.29 is 0 Å². The molecule has 0 heterocycles. The normalized spacial score (nSPS) is 11.6. The first-order valence-corrected chi connectivity index (χ1v) is 52.0. The van der Waals surface area contributed by atoms with Crippen molar-refractivity contribution in [3.63, 3.8) is 0 Å². The van der Waals surface area contributed by atoms with Gasteiger partial charge < -0.3 is 0 Å². The zero-order valence-electron chi connectivity index (χ0n) is 82.4. The summed E-state index contributed by atoms with van der Waals surface area (Å²) < 4.78 is 0. The maximum Gasteiger partial charge on any atom is -0.00928 e. The molecule has 0 aliphatic carbocycles. The molecule has 0 nitrogen and oxygen atoms in total.